The smallest absolute Gasteiger partial charge is 0.228 e. The molecule has 0 radical (unpaired) electrons. The summed E-state index contributed by atoms with van der Waals surface area (Å²) >= 11 is 3.27. The van der Waals surface area contributed by atoms with Crippen LogP contribution in [0.15, 0.2) is 59.3 Å². The van der Waals surface area contributed by atoms with Crippen molar-refractivity contribution in [3.05, 3.63) is 64.2 Å². The van der Waals surface area contributed by atoms with Crippen molar-refractivity contribution in [1.82, 2.24) is 24.5 Å². The zero-order chi connectivity index (χ0) is 22.4. The summed E-state index contributed by atoms with van der Waals surface area (Å²) in [6.45, 7) is 4.20. The third-order valence-corrected chi connectivity index (χ3v) is 7.85. The number of hydrogen-bond acceptors (Lipinski definition) is 7. The lowest BCUT2D eigenvalue weighted by atomic mass is 10.1. The molecule has 166 valence electrons. The van der Waals surface area contributed by atoms with E-state index in [1.54, 1.807) is 22.7 Å². The summed E-state index contributed by atoms with van der Waals surface area (Å²) in [5.74, 6) is 1.82. The molecule has 1 aromatic carbocycles. The predicted octanol–water partition coefficient (Wildman–Crippen LogP) is 4.35. The SMILES string of the molecule is C[C@@H]1CN(c2nc3ccccc3c3nnc(-c4cccs4)n23)CCN1C(=O)Cc1cccs1. The van der Waals surface area contributed by atoms with Gasteiger partial charge in [-0.1, -0.05) is 24.3 Å². The van der Waals surface area contributed by atoms with Crippen molar-refractivity contribution in [2.24, 2.45) is 0 Å². The van der Waals surface area contributed by atoms with Crippen molar-refractivity contribution in [1.29, 1.82) is 0 Å². The summed E-state index contributed by atoms with van der Waals surface area (Å²) in [5.41, 5.74) is 1.71. The molecule has 5 heterocycles. The highest BCUT2D eigenvalue weighted by molar-refractivity contribution is 7.13. The highest BCUT2D eigenvalue weighted by Gasteiger charge is 2.30. The van der Waals surface area contributed by atoms with E-state index < -0.39 is 0 Å². The lowest BCUT2D eigenvalue weighted by Gasteiger charge is -2.40. The molecule has 1 amide bonds. The number of piperazine rings is 1. The lowest BCUT2D eigenvalue weighted by Crippen LogP contribution is -2.55. The highest BCUT2D eigenvalue weighted by Crippen LogP contribution is 2.31. The van der Waals surface area contributed by atoms with Gasteiger partial charge in [0.25, 0.3) is 0 Å². The largest absolute Gasteiger partial charge is 0.338 e. The van der Waals surface area contributed by atoms with Crippen molar-refractivity contribution in [2.75, 3.05) is 24.5 Å². The van der Waals surface area contributed by atoms with Crippen molar-refractivity contribution in [3.63, 3.8) is 0 Å². The number of fused-ring (bicyclic) bond motifs is 3. The van der Waals surface area contributed by atoms with Crippen LogP contribution in [0.25, 0.3) is 27.3 Å². The summed E-state index contributed by atoms with van der Waals surface area (Å²) < 4.78 is 2.07. The summed E-state index contributed by atoms with van der Waals surface area (Å²) in [5, 5.41) is 14.1. The first-order valence-electron chi connectivity index (χ1n) is 10.9. The third-order valence-electron chi connectivity index (χ3n) is 6.11. The fourth-order valence-corrected chi connectivity index (χ4v) is 5.91. The zero-order valence-electron chi connectivity index (χ0n) is 18.1. The quantitative estimate of drug-likeness (QED) is 0.388. The Labute approximate surface area is 198 Å². The van der Waals surface area contributed by atoms with Gasteiger partial charge < -0.3 is 9.80 Å². The Kier molecular flexibility index (Phi) is 5.07. The molecule has 6 rings (SSSR count). The number of thiophene rings is 2. The number of carbonyl (C=O) groups is 1. The molecule has 0 unspecified atom stereocenters. The molecular formula is C24H22N6OS2. The van der Waals surface area contributed by atoms with E-state index >= 15 is 0 Å². The molecule has 9 heteroatoms. The van der Waals surface area contributed by atoms with Crippen LogP contribution in [0.1, 0.15) is 11.8 Å². The molecule has 0 aliphatic carbocycles. The monoisotopic (exact) mass is 474 g/mol. The van der Waals surface area contributed by atoms with Crippen LogP contribution in [-0.4, -0.2) is 56.1 Å². The van der Waals surface area contributed by atoms with Gasteiger partial charge in [-0.2, -0.15) is 0 Å². The van der Waals surface area contributed by atoms with Crippen LogP contribution in [0.4, 0.5) is 5.95 Å². The van der Waals surface area contributed by atoms with E-state index in [2.05, 4.69) is 32.5 Å². The maximum atomic E-state index is 12.9. The molecule has 0 N–H and O–H groups in total. The number of rotatable bonds is 4. The van der Waals surface area contributed by atoms with Gasteiger partial charge in [0, 0.05) is 35.9 Å². The minimum Gasteiger partial charge on any atom is -0.338 e. The Balaban J connectivity index is 1.37. The Morgan fingerprint density at radius 3 is 2.67 bits per heavy atom. The summed E-state index contributed by atoms with van der Waals surface area (Å²) in [4.78, 5) is 24.4. The molecule has 1 saturated heterocycles. The van der Waals surface area contributed by atoms with Gasteiger partial charge in [0.1, 0.15) is 0 Å². The number of anilines is 1. The van der Waals surface area contributed by atoms with Gasteiger partial charge in [0.2, 0.25) is 11.9 Å². The molecule has 7 nitrogen and oxygen atoms in total. The standard InChI is InChI=1S/C24H22N6OS2/c1-16-15-28(10-11-29(16)21(31)14-17-6-4-12-32-17)24-25-19-8-3-2-7-18(19)22-26-27-23(30(22)24)20-9-5-13-33-20/h2-9,12-13,16H,10-11,14-15H2,1H3/t16-/m1/s1. The van der Waals surface area contributed by atoms with Crippen LogP contribution in [0, 0.1) is 0 Å². The second-order valence-corrected chi connectivity index (χ2v) is 10.2. The van der Waals surface area contributed by atoms with Crippen LogP contribution in [0.3, 0.4) is 0 Å². The molecule has 1 aliphatic heterocycles. The minimum atomic E-state index is 0.0798. The molecule has 5 aromatic rings. The van der Waals surface area contributed by atoms with Gasteiger partial charge in [-0.15, -0.1) is 32.9 Å². The second kappa shape index (κ2) is 8.24. The van der Waals surface area contributed by atoms with Gasteiger partial charge in [-0.3, -0.25) is 4.79 Å². The van der Waals surface area contributed by atoms with E-state index in [0.717, 1.165) is 38.1 Å². The van der Waals surface area contributed by atoms with E-state index in [1.165, 1.54) is 0 Å². The van der Waals surface area contributed by atoms with Crippen LogP contribution in [0.5, 0.6) is 0 Å². The van der Waals surface area contributed by atoms with Gasteiger partial charge in [0.15, 0.2) is 11.5 Å². The maximum Gasteiger partial charge on any atom is 0.228 e. The average Bonchev–Trinajstić information content (AvgIpc) is 3.59. The number of benzene rings is 1. The predicted molar refractivity (Wildman–Crippen MR) is 133 cm³/mol. The van der Waals surface area contributed by atoms with Gasteiger partial charge in [0.05, 0.1) is 16.8 Å². The number of hydrogen-bond donors (Lipinski definition) is 0. The highest BCUT2D eigenvalue weighted by atomic mass is 32.1. The molecule has 0 saturated carbocycles. The Morgan fingerprint density at radius 2 is 1.88 bits per heavy atom. The number of aromatic nitrogens is 4. The van der Waals surface area contributed by atoms with E-state index in [-0.39, 0.29) is 11.9 Å². The van der Waals surface area contributed by atoms with Crippen LogP contribution in [-0.2, 0) is 11.2 Å². The van der Waals surface area contributed by atoms with Gasteiger partial charge in [-0.05, 0) is 41.9 Å². The summed E-state index contributed by atoms with van der Waals surface area (Å²) in [6, 6.07) is 16.2. The number of nitrogens with zero attached hydrogens (tertiary/aromatic N) is 6. The van der Waals surface area contributed by atoms with Crippen LogP contribution < -0.4 is 4.90 Å². The Hall–Kier alpha value is -3.30. The zero-order valence-corrected chi connectivity index (χ0v) is 19.7. The third kappa shape index (κ3) is 3.57. The van der Waals surface area contributed by atoms with Crippen molar-refractivity contribution in [3.8, 4) is 10.7 Å². The number of para-hydroxylation sites is 1. The van der Waals surface area contributed by atoms with Crippen molar-refractivity contribution in [2.45, 2.75) is 19.4 Å². The molecule has 0 bridgehead atoms. The first-order chi connectivity index (χ1) is 16.2. The Morgan fingerprint density at radius 1 is 1.03 bits per heavy atom. The van der Waals surface area contributed by atoms with E-state index in [0.29, 0.717) is 26.1 Å². The van der Waals surface area contributed by atoms with Crippen LogP contribution >= 0.6 is 22.7 Å². The summed E-state index contributed by atoms with van der Waals surface area (Å²) in [6.07, 6.45) is 0.467. The topological polar surface area (TPSA) is 66.6 Å². The van der Waals surface area contributed by atoms with Crippen LogP contribution in [0.2, 0.25) is 0 Å². The molecule has 4 aromatic heterocycles. The summed E-state index contributed by atoms with van der Waals surface area (Å²) in [7, 11) is 0. The normalized spacial score (nSPS) is 16.7. The van der Waals surface area contributed by atoms with Gasteiger partial charge in [-0.25, -0.2) is 9.38 Å². The van der Waals surface area contributed by atoms with Crippen molar-refractivity contribution < 1.29 is 4.79 Å². The average molecular weight is 475 g/mol. The Bertz CT molecular complexity index is 1430. The second-order valence-electron chi connectivity index (χ2n) is 8.23. The van der Waals surface area contributed by atoms with Gasteiger partial charge >= 0.3 is 0 Å². The first kappa shape index (κ1) is 20.3. The molecule has 1 atom stereocenters. The van der Waals surface area contributed by atoms with E-state index in [4.69, 9.17) is 4.98 Å². The van der Waals surface area contributed by atoms with E-state index in [1.807, 2.05) is 58.1 Å². The minimum absolute atomic E-state index is 0.0798. The molecule has 33 heavy (non-hydrogen) atoms. The van der Waals surface area contributed by atoms with E-state index in [9.17, 15) is 4.79 Å². The maximum absolute atomic E-state index is 12.9. The number of amides is 1. The molecule has 0 spiro atoms. The molecule has 1 aliphatic rings. The molecule has 1 fully saturated rings. The fraction of sp³-hybridized carbons (Fsp3) is 0.250. The fourth-order valence-electron chi connectivity index (χ4n) is 4.52. The van der Waals surface area contributed by atoms with Crippen molar-refractivity contribution >= 4 is 51.1 Å². The lowest BCUT2D eigenvalue weighted by molar-refractivity contribution is -0.132. The number of carbonyl (C=O) groups excluding carboxylic acids is 1. The first-order valence-corrected chi connectivity index (χ1v) is 12.7. The molecular weight excluding hydrogens is 452 g/mol.